The van der Waals surface area contributed by atoms with Gasteiger partial charge in [0.05, 0.1) is 6.04 Å². The van der Waals surface area contributed by atoms with Gasteiger partial charge in [0.1, 0.15) is 0 Å². The van der Waals surface area contributed by atoms with E-state index in [2.05, 4.69) is 34.1 Å². The van der Waals surface area contributed by atoms with Gasteiger partial charge in [-0.2, -0.15) is 0 Å². The molecule has 5 nitrogen and oxygen atoms in total. The third kappa shape index (κ3) is 3.13. The maximum absolute atomic E-state index is 5.44. The first-order chi connectivity index (χ1) is 8.66. The topological polar surface area (TPSA) is 55.1 Å². The monoisotopic (exact) mass is 246 g/mol. The van der Waals surface area contributed by atoms with Crippen molar-refractivity contribution in [1.29, 1.82) is 0 Å². The van der Waals surface area contributed by atoms with E-state index in [4.69, 9.17) is 4.42 Å². The fourth-order valence-corrected chi connectivity index (χ4v) is 1.72. The van der Waals surface area contributed by atoms with Crippen LogP contribution in [0.5, 0.6) is 0 Å². The molecule has 5 heteroatoms. The minimum absolute atomic E-state index is 0.132. The Morgan fingerprint density at radius 1 is 1.28 bits per heavy atom. The van der Waals surface area contributed by atoms with Gasteiger partial charge < -0.3 is 4.42 Å². The van der Waals surface area contributed by atoms with Crippen molar-refractivity contribution in [2.45, 2.75) is 26.3 Å². The van der Waals surface area contributed by atoms with E-state index in [1.54, 1.807) is 6.92 Å². The molecule has 0 saturated heterocycles. The number of hydrogen-bond acceptors (Lipinski definition) is 5. The summed E-state index contributed by atoms with van der Waals surface area (Å²) >= 11 is 0. The summed E-state index contributed by atoms with van der Waals surface area (Å²) in [5.41, 5.74) is 1.28. The highest BCUT2D eigenvalue weighted by atomic mass is 16.4. The van der Waals surface area contributed by atoms with Crippen molar-refractivity contribution in [3.63, 3.8) is 0 Å². The molecular formula is C13H18N4O. The summed E-state index contributed by atoms with van der Waals surface area (Å²) in [6.07, 6.45) is 4.62. The number of aryl methyl sites for hydroxylation is 1. The standard InChI is InChI=1S/C13H18N4O/c1-10(13-16-15-11(2)18-13)17(3)9-6-12-4-7-14-8-5-12/h4-5,7-8,10H,6,9H2,1-3H3/t10-/m1/s1. The lowest BCUT2D eigenvalue weighted by molar-refractivity contribution is 0.225. The van der Waals surface area contributed by atoms with Gasteiger partial charge in [-0.05, 0) is 38.1 Å². The van der Waals surface area contributed by atoms with Gasteiger partial charge in [-0.15, -0.1) is 10.2 Å². The molecule has 0 saturated carbocycles. The van der Waals surface area contributed by atoms with Gasteiger partial charge in [0.15, 0.2) is 0 Å². The Bertz CT molecular complexity index is 483. The van der Waals surface area contributed by atoms with Crippen LogP contribution in [0.2, 0.25) is 0 Å². The molecule has 0 aliphatic rings. The largest absolute Gasteiger partial charge is 0.424 e. The molecule has 0 amide bonds. The van der Waals surface area contributed by atoms with Crippen LogP contribution in [0, 0.1) is 6.92 Å². The first-order valence-corrected chi connectivity index (χ1v) is 6.06. The zero-order chi connectivity index (χ0) is 13.0. The molecule has 2 aromatic heterocycles. The van der Waals surface area contributed by atoms with Crippen molar-refractivity contribution in [3.8, 4) is 0 Å². The van der Waals surface area contributed by atoms with Crippen molar-refractivity contribution >= 4 is 0 Å². The predicted octanol–water partition coefficient (Wildman–Crippen LogP) is 2.01. The van der Waals surface area contributed by atoms with E-state index >= 15 is 0 Å². The molecule has 0 fully saturated rings. The van der Waals surface area contributed by atoms with E-state index < -0.39 is 0 Å². The fourth-order valence-electron chi connectivity index (χ4n) is 1.72. The summed E-state index contributed by atoms with van der Waals surface area (Å²) in [5, 5.41) is 7.91. The van der Waals surface area contributed by atoms with Crippen LogP contribution in [0.4, 0.5) is 0 Å². The van der Waals surface area contributed by atoms with Crippen LogP contribution in [0.25, 0.3) is 0 Å². The third-order valence-corrected chi connectivity index (χ3v) is 3.06. The second-order valence-electron chi connectivity index (χ2n) is 4.42. The summed E-state index contributed by atoms with van der Waals surface area (Å²) < 4.78 is 5.44. The van der Waals surface area contributed by atoms with Crippen molar-refractivity contribution in [2.75, 3.05) is 13.6 Å². The Morgan fingerprint density at radius 3 is 2.61 bits per heavy atom. The summed E-state index contributed by atoms with van der Waals surface area (Å²) in [5.74, 6) is 1.28. The Labute approximate surface area is 107 Å². The van der Waals surface area contributed by atoms with E-state index in [-0.39, 0.29) is 6.04 Å². The minimum Gasteiger partial charge on any atom is -0.424 e. The van der Waals surface area contributed by atoms with Crippen molar-refractivity contribution in [2.24, 2.45) is 0 Å². The second kappa shape index (κ2) is 5.73. The third-order valence-electron chi connectivity index (χ3n) is 3.06. The molecule has 2 aromatic rings. The summed E-state index contributed by atoms with van der Waals surface area (Å²) in [6, 6.07) is 4.21. The van der Waals surface area contributed by atoms with Crippen LogP contribution in [0.3, 0.4) is 0 Å². The molecule has 0 radical (unpaired) electrons. The molecule has 0 aliphatic carbocycles. The Morgan fingerprint density at radius 2 is 2.00 bits per heavy atom. The molecular weight excluding hydrogens is 228 g/mol. The number of nitrogens with zero attached hydrogens (tertiary/aromatic N) is 4. The lowest BCUT2D eigenvalue weighted by Gasteiger charge is -2.21. The Hall–Kier alpha value is -1.75. The molecule has 0 unspecified atom stereocenters. The molecule has 0 spiro atoms. The first-order valence-electron chi connectivity index (χ1n) is 6.06. The number of rotatable bonds is 5. The van der Waals surface area contributed by atoms with E-state index in [1.165, 1.54) is 5.56 Å². The molecule has 0 bridgehead atoms. The Kier molecular flexibility index (Phi) is 4.04. The number of hydrogen-bond donors (Lipinski definition) is 0. The average Bonchev–Trinajstić information content (AvgIpc) is 2.83. The highest BCUT2D eigenvalue weighted by Gasteiger charge is 2.17. The highest BCUT2D eigenvalue weighted by molar-refractivity contribution is 5.10. The molecule has 0 aliphatic heterocycles. The molecule has 2 rings (SSSR count). The van der Waals surface area contributed by atoms with Crippen LogP contribution in [0.15, 0.2) is 28.9 Å². The SMILES string of the molecule is Cc1nnc([C@@H](C)N(C)CCc2ccncc2)o1. The summed E-state index contributed by atoms with van der Waals surface area (Å²) in [4.78, 5) is 6.21. The summed E-state index contributed by atoms with van der Waals surface area (Å²) in [6.45, 7) is 4.81. The van der Waals surface area contributed by atoms with Crippen molar-refractivity contribution in [3.05, 3.63) is 41.9 Å². The zero-order valence-electron chi connectivity index (χ0n) is 11.0. The number of aromatic nitrogens is 3. The van der Waals surface area contributed by atoms with Crippen LogP contribution in [-0.4, -0.2) is 33.7 Å². The maximum atomic E-state index is 5.44. The first kappa shape index (κ1) is 12.7. The maximum Gasteiger partial charge on any atom is 0.233 e. The zero-order valence-corrected chi connectivity index (χ0v) is 11.0. The van der Waals surface area contributed by atoms with Gasteiger partial charge in [0.2, 0.25) is 11.8 Å². The van der Waals surface area contributed by atoms with Crippen molar-refractivity contribution in [1.82, 2.24) is 20.1 Å². The minimum atomic E-state index is 0.132. The number of likely N-dealkylation sites (N-methyl/N-ethyl adjacent to an activating group) is 1. The van der Waals surface area contributed by atoms with E-state index in [1.807, 2.05) is 24.5 Å². The Balaban J connectivity index is 1.90. The molecule has 0 aromatic carbocycles. The van der Waals surface area contributed by atoms with E-state index in [9.17, 15) is 0 Å². The van der Waals surface area contributed by atoms with Gasteiger partial charge in [-0.1, -0.05) is 0 Å². The predicted molar refractivity (Wildman–Crippen MR) is 68.0 cm³/mol. The average molecular weight is 246 g/mol. The van der Waals surface area contributed by atoms with Gasteiger partial charge in [-0.3, -0.25) is 9.88 Å². The van der Waals surface area contributed by atoms with Crippen LogP contribution >= 0.6 is 0 Å². The molecule has 96 valence electrons. The smallest absolute Gasteiger partial charge is 0.233 e. The van der Waals surface area contributed by atoms with E-state index in [0.29, 0.717) is 11.8 Å². The molecule has 18 heavy (non-hydrogen) atoms. The van der Waals surface area contributed by atoms with E-state index in [0.717, 1.165) is 13.0 Å². The highest BCUT2D eigenvalue weighted by Crippen LogP contribution is 2.17. The second-order valence-corrected chi connectivity index (χ2v) is 4.42. The van der Waals surface area contributed by atoms with Crippen molar-refractivity contribution < 1.29 is 4.42 Å². The van der Waals surface area contributed by atoms with Gasteiger partial charge in [-0.25, -0.2) is 0 Å². The summed E-state index contributed by atoms with van der Waals surface area (Å²) in [7, 11) is 2.06. The lowest BCUT2D eigenvalue weighted by Crippen LogP contribution is -2.25. The van der Waals surface area contributed by atoms with Gasteiger partial charge in [0, 0.05) is 25.9 Å². The fraction of sp³-hybridized carbons (Fsp3) is 0.462. The van der Waals surface area contributed by atoms with Crippen LogP contribution < -0.4 is 0 Å². The normalized spacial score (nSPS) is 12.9. The molecule has 0 N–H and O–H groups in total. The van der Waals surface area contributed by atoms with Crippen LogP contribution in [-0.2, 0) is 6.42 Å². The molecule has 1 atom stereocenters. The lowest BCUT2D eigenvalue weighted by atomic mass is 10.2. The molecule has 2 heterocycles. The van der Waals surface area contributed by atoms with Gasteiger partial charge in [0.25, 0.3) is 0 Å². The number of pyridine rings is 1. The quantitative estimate of drug-likeness (QED) is 0.807. The van der Waals surface area contributed by atoms with Gasteiger partial charge >= 0.3 is 0 Å². The van der Waals surface area contributed by atoms with Crippen LogP contribution in [0.1, 0.15) is 30.3 Å².